The fourth-order valence-corrected chi connectivity index (χ4v) is 2.69. The van der Waals surface area contributed by atoms with Crippen molar-refractivity contribution >= 4 is 15.8 Å². The SMILES string of the molecule is COCC(O)CCNS(=O)(=O)c1cccc(C(C)=O)c1. The maximum Gasteiger partial charge on any atom is 0.240 e. The summed E-state index contributed by atoms with van der Waals surface area (Å²) in [7, 11) is -2.22. The number of sulfonamides is 1. The molecule has 1 unspecified atom stereocenters. The molecular weight excluding hydrogens is 282 g/mol. The summed E-state index contributed by atoms with van der Waals surface area (Å²) in [6, 6.07) is 5.82. The van der Waals surface area contributed by atoms with Crippen LogP contribution >= 0.6 is 0 Å². The van der Waals surface area contributed by atoms with Gasteiger partial charge in [0.2, 0.25) is 10.0 Å². The molecule has 2 N–H and O–H groups in total. The lowest BCUT2D eigenvalue weighted by atomic mass is 10.2. The van der Waals surface area contributed by atoms with Gasteiger partial charge in [0.15, 0.2) is 5.78 Å². The van der Waals surface area contributed by atoms with E-state index in [0.29, 0.717) is 5.56 Å². The summed E-state index contributed by atoms with van der Waals surface area (Å²) >= 11 is 0. The Bertz CT molecular complexity index is 556. The van der Waals surface area contributed by atoms with Crippen LogP contribution < -0.4 is 4.72 Å². The number of rotatable bonds is 8. The van der Waals surface area contributed by atoms with Crippen LogP contribution in [0, 0.1) is 0 Å². The van der Waals surface area contributed by atoms with Crippen LogP contribution in [0.1, 0.15) is 23.7 Å². The van der Waals surface area contributed by atoms with Crippen LogP contribution in [0.15, 0.2) is 29.2 Å². The van der Waals surface area contributed by atoms with Gasteiger partial charge in [0, 0.05) is 19.2 Å². The van der Waals surface area contributed by atoms with Crippen molar-refractivity contribution in [3.05, 3.63) is 29.8 Å². The van der Waals surface area contributed by atoms with Crippen molar-refractivity contribution < 1.29 is 23.1 Å². The molecule has 6 nitrogen and oxygen atoms in total. The third kappa shape index (κ3) is 5.01. The van der Waals surface area contributed by atoms with Gasteiger partial charge in [-0.3, -0.25) is 4.79 Å². The van der Waals surface area contributed by atoms with Crippen molar-refractivity contribution in [1.29, 1.82) is 0 Å². The summed E-state index contributed by atoms with van der Waals surface area (Å²) in [5.41, 5.74) is 0.340. The van der Waals surface area contributed by atoms with Crippen LogP contribution in [0.5, 0.6) is 0 Å². The molecule has 1 aromatic carbocycles. The first-order chi connectivity index (χ1) is 9.36. The first-order valence-electron chi connectivity index (χ1n) is 6.14. The van der Waals surface area contributed by atoms with Crippen LogP contribution in [-0.4, -0.2) is 45.7 Å². The molecule has 7 heteroatoms. The average molecular weight is 301 g/mol. The minimum atomic E-state index is -3.68. The van der Waals surface area contributed by atoms with E-state index >= 15 is 0 Å². The zero-order valence-electron chi connectivity index (χ0n) is 11.5. The van der Waals surface area contributed by atoms with E-state index in [2.05, 4.69) is 4.72 Å². The summed E-state index contributed by atoms with van der Waals surface area (Å²) < 4.78 is 31.1. The van der Waals surface area contributed by atoms with E-state index in [1.165, 1.54) is 32.2 Å². The fraction of sp³-hybridized carbons (Fsp3) is 0.462. The van der Waals surface area contributed by atoms with Crippen LogP contribution in [0.2, 0.25) is 0 Å². The van der Waals surface area contributed by atoms with Gasteiger partial charge >= 0.3 is 0 Å². The van der Waals surface area contributed by atoms with Crippen LogP contribution in [0.4, 0.5) is 0 Å². The molecule has 0 aliphatic heterocycles. The number of aliphatic hydroxyl groups is 1. The monoisotopic (exact) mass is 301 g/mol. The Morgan fingerprint density at radius 2 is 2.15 bits per heavy atom. The molecule has 112 valence electrons. The van der Waals surface area contributed by atoms with Gasteiger partial charge in [-0.2, -0.15) is 0 Å². The van der Waals surface area contributed by atoms with Gasteiger partial charge in [0.25, 0.3) is 0 Å². The smallest absolute Gasteiger partial charge is 0.240 e. The highest BCUT2D eigenvalue weighted by Crippen LogP contribution is 2.12. The van der Waals surface area contributed by atoms with Gasteiger partial charge in [-0.05, 0) is 25.5 Å². The van der Waals surface area contributed by atoms with Crippen molar-refractivity contribution in [2.24, 2.45) is 0 Å². The molecule has 1 atom stereocenters. The molecule has 0 saturated heterocycles. The molecule has 1 aromatic rings. The van der Waals surface area contributed by atoms with E-state index in [1.807, 2.05) is 0 Å². The molecule has 0 aliphatic rings. The summed E-state index contributed by atoms with van der Waals surface area (Å²) in [5.74, 6) is -0.197. The first-order valence-corrected chi connectivity index (χ1v) is 7.63. The minimum absolute atomic E-state index is 0.0337. The number of hydrogen-bond donors (Lipinski definition) is 2. The Labute approximate surface area is 118 Å². The third-order valence-corrected chi connectivity index (χ3v) is 4.14. The quantitative estimate of drug-likeness (QED) is 0.685. The van der Waals surface area contributed by atoms with Crippen molar-refractivity contribution in [2.45, 2.75) is 24.3 Å². The number of benzene rings is 1. The highest BCUT2D eigenvalue weighted by Gasteiger charge is 2.15. The first kappa shape index (κ1) is 16.8. The van der Waals surface area contributed by atoms with Gasteiger partial charge in [0.05, 0.1) is 17.6 Å². The van der Waals surface area contributed by atoms with Crippen molar-refractivity contribution in [3.8, 4) is 0 Å². The lowest BCUT2D eigenvalue weighted by Crippen LogP contribution is -2.28. The zero-order valence-corrected chi connectivity index (χ0v) is 12.3. The Balaban J connectivity index is 2.69. The lowest BCUT2D eigenvalue weighted by molar-refractivity contribution is 0.0603. The van der Waals surface area contributed by atoms with Gasteiger partial charge < -0.3 is 9.84 Å². The Morgan fingerprint density at radius 1 is 1.45 bits per heavy atom. The van der Waals surface area contributed by atoms with Gasteiger partial charge in [-0.1, -0.05) is 12.1 Å². The fourth-order valence-electron chi connectivity index (χ4n) is 1.60. The number of nitrogens with one attached hydrogen (secondary N) is 1. The Morgan fingerprint density at radius 3 is 2.75 bits per heavy atom. The summed E-state index contributed by atoms with van der Waals surface area (Å²) in [6.07, 6.45) is -0.467. The van der Waals surface area contributed by atoms with Gasteiger partial charge in [-0.15, -0.1) is 0 Å². The third-order valence-electron chi connectivity index (χ3n) is 2.68. The van der Waals surface area contributed by atoms with Crippen LogP contribution in [0.25, 0.3) is 0 Å². The predicted octanol–water partition coefficient (Wildman–Crippen LogP) is 0.565. The van der Waals surface area contributed by atoms with E-state index in [0.717, 1.165) is 0 Å². The number of carbonyl (C=O) groups is 1. The molecule has 0 aromatic heterocycles. The topological polar surface area (TPSA) is 92.7 Å². The van der Waals surface area contributed by atoms with Crippen molar-refractivity contribution in [3.63, 3.8) is 0 Å². The highest BCUT2D eigenvalue weighted by atomic mass is 32.2. The summed E-state index contributed by atoms with van der Waals surface area (Å²) in [4.78, 5) is 11.3. The number of aliphatic hydroxyl groups excluding tert-OH is 1. The molecule has 1 rings (SSSR count). The molecule has 20 heavy (non-hydrogen) atoms. The van der Waals surface area contributed by atoms with Crippen LogP contribution in [-0.2, 0) is 14.8 Å². The van der Waals surface area contributed by atoms with E-state index < -0.39 is 16.1 Å². The number of ketones is 1. The van der Waals surface area contributed by atoms with E-state index in [4.69, 9.17) is 4.74 Å². The molecule has 0 radical (unpaired) electrons. The van der Waals surface area contributed by atoms with Gasteiger partial charge in [0.1, 0.15) is 0 Å². The number of carbonyl (C=O) groups excluding carboxylic acids is 1. The highest BCUT2D eigenvalue weighted by molar-refractivity contribution is 7.89. The molecule has 0 heterocycles. The molecule has 0 fully saturated rings. The largest absolute Gasteiger partial charge is 0.391 e. The lowest BCUT2D eigenvalue weighted by Gasteiger charge is -2.11. The number of Topliss-reactive ketones (excluding diaryl/α,β-unsaturated/α-hetero) is 1. The number of ether oxygens (including phenoxy) is 1. The minimum Gasteiger partial charge on any atom is -0.391 e. The van der Waals surface area contributed by atoms with E-state index in [1.54, 1.807) is 6.07 Å². The second-order valence-electron chi connectivity index (χ2n) is 4.38. The standard InChI is InChI=1S/C13H19NO5S/c1-10(15)11-4-3-5-13(8-11)20(17,18)14-7-6-12(16)9-19-2/h3-5,8,12,14,16H,6-7,9H2,1-2H3. The Kier molecular flexibility index (Phi) is 6.28. The van der Waals surface area contributed by atoms with E-state index in [9.17, 15) is 18.3 Å². The molecule has 0 spiro atoms. The predicted molar refractivity (Wildman–Crippen MR) is 74.1 cm³/mol. The molecule has 0 saturated carbocycles. The summed E-state index contributed by atoms with van der Waals surface area (Å²) in [6.45, 7) is 1.62. The summed E-state index contributed by atoms with van der Waals surface area (Å²) in [5, 5.41) is 9.43. The maximum atomic E-state index is 12.0. The number of methoxy groups -OCH3 is 1. The van der Waals surface area contributed by atoms with E-state index in [-0.39, 0.29) is 30.3 Å². The normalized spacial score (nSPS) is 13.2. The maximum absolute atomic E-state index is 12.0. The van der Waals surface area contributed by atoms with Crippen LogP contribution in [0.3, 0.4) is 0 Å². The second-order valence-corrected chi connectivity index (χ2v) is 6.15. The molecular formula is C13H19NO5S. The Hall–Kier alpha value is -1.28. The zero-order chi connectivity index (χ0) is 15.2. The average Bonchev–Trinajstić information content (AvgIpc) is 2.39. The number of hydrogen-bond acceptors (Lipinski definition) is 5. The molecule has 0 bridgehead atoms. The molecule has 0 aliphatic carbocycles. The second kappa shape index (κ2) is 7.49. The molecule has 0 amide bonds. The van der Waals surface area contributed by atoms with Crippen molar-refractivity contribution in [1.82, 2.24) is 4.72 Å². The van der Waals surface area contributed by atoms with Crippen molar-refractivity contribution in [2.75, 3.05) is 20.3 Å². The van der Waals surface area contributed by atoms with Gasteiger partial charge in [-0.25, -0.2) is 13.1 Å².